The van der Waals surface area contributed by atoms with Crippen molar-refractivity contribution in [2.45, 2.75) is 47.0 Å². The fourth-order valence-electron chi connectivity index (χ4n) is 2.51. The first kappa shape index (κ1) is 18.0. The number of hydrogen-bond donors (Lipinski definition) is 1. The van der Waals surface area contributed by atoms with E-state index in [4.69, 9.17) is 14.2 Å². The molecule has 0 spiro atoms. The van der Waals surface area contributed by atoms with Gasteiger partial charge in [0.15, 0.2) is 6.29 Å². The summed E-state index contributed by atoms with van der Waals surface area (Å²) < 4.78 is 17.0. The van der Waals surface area contributed by atoms with E-state index < -0.39 is 0 Å². The molecule has 0 aromatic heterocycles. The van der Waals surface area contributed by atoms with Crippen LogP contribution in [0.4, 0.5) is 0 Å². The number of rotatable bonds is 9. The molecular formula is C17H29NO3. The lowest BCUT2D eigenvalue weighted by molar-refractivity contribution is -0.155. The average Bonchev–Trinajstić information content (AvgIpc) is 2.47. The molecule has 1 unspecified atom stereocenters. The van der Waals surface area contributed by atoms with Crippen LogP contribution >= 0.6 is 0 Å². The molecule has 4 nitrogen and oxygen atoms in total. The maximum atomic E-state index is 5.79. The SMILES string of the molecule is CCNC(c1cc(C)c(OC)cc1C)C(OCC)OCC. The summed E-state index contributed by atoms with van der Waals surface area (Å²) in [5.41, 5.74) is 3.49. The van der Waals surface area contributed by atoms with E-state index in [0.717, 1.165) is 17.9 Å². The molecule has 0 radical (unpaired) electrons. The van der Waals surface area contributed by atoms with Gasteiger partial charge in [-0.1, -0.05) is 13.0 Å². The minimum atomic E-state index is -0.286. The Kier molecular flexibility index (Phi) is 7.72. The van der Waals surface area contributed by atoms with Gasteiger partial charge in [-0.05, 0) is 57.0 Å². The van der Waals surface area contributed by atoms with Crippen molar-refractivity contribution in [3.05, 3.63) is 28.8 Å². The molecule has 21 heavy (non-hydrogen) atoms. The van der Waals surface area contributed by atoms with Crippen LogP contribution in [0.3, 0.4) is 0 Å². The summed E-state index contributed by atoms with van der Waals surface area (Å²) in [6, 6.07) is 4.25. The fourth-order valence-corrected chi connectivity index (χ4v) is 2.51. The van der Waals surface area contributed by atoms with Crippen molar-refractivity contribution < 1.29 is 14.2 Å². The highest BCUT2D eigenvalue weighted by Crippen LogP contribution is 2.29. The normalized spacial score (nSPS) is 12.7. The first-order valence-electron chi connectivity index (χ1n) is 7.70. The van der Waals surface area contributed by atoms with E-state index >= 15 is 0 Å². The van der Waals surface area contributed by atoms with Crippen molar-refractivity contribution in [1.29, 1.82) is 0 Å². The Morgan fingerprint density at radius 2 is 1.62 bits per heavy atom. The molecule has 1 rings (SSSR count). The lowest BCUT2D eigenvalue weighted by Gasteiger charge is -2.29. The predicted octanol–water partition coefficient (Wildman–Crippen LogP) is 3.36. The van der Waals surface area contributed by atoms with E-state index in [2.05, 4.69) is 38.2 Å². The van der Waals surface area contributed by atoms with Crippen LogP contribution in [-0.2, 0) is 9.47 Å². The number of nitrogens with one attached hydrogen (secondary N) is 1. The van der Waals surface area contributed by atoms with Gasteiger partial charge in [0, 0.05) is 13.2 Å². The average molecular weight is 295 g/mol. The predicted molar refractivity (Wildman–Crippen MR) is 85.9 cm³/mol. The molecule has 0 heterocycles. The van der Waals surface area contributed by atoms with Gasteiger partial charge < -0.3 is 19.5 Å². The van der Waals surface area contributed by atoms with Crippen molar-refractivity contribution in [3.63, 3.8) is 0 Å². The highest BCUT2D eigenvalue weighted by molar-refractivity contribution is 5.43. The van der Waals surface area contributed by atoms with Crippen LogP contribution in [0.25, 0.3) is 0 Å². The van der Waals surface area contributed by atoms with E-state index in [0.29, 0.717) is 13.2 Å². The zero-order chi connectivity index (χ0) is 15.8. The molecule has 4 heteroatoms. The molecular weight excluding hydrogens is 266 g/mol. The fraction of sp³-hybridized carbons (Fsp3) is 0.647. The minimum absolute atomic E-state index is 0.0134. The number of hydrogen-bond acceptors (Lipinski definition) is 4. The van der Waals surface area contributed by atoms with Crippen molar-refractivity contribution in [1.82, 2.24) is 5.32 Å². The Morgan fingerprint density at radius 1 is 1.00 bits per heavy atom. The van der Waals surface area contributed by atoms with Crippen LogP contribution in [0.1, 0.15) is 43.5 Å². The smallest absolute Gasteiger partial charge is 0.176 e. The van der Waals surface area contributed by atoms with Gasteiger partial charge in [-0.3, -0.25) is 0 Å². The number of benzene rings is 1. The second kappa shape index (κ2) is 9.03. The van der Waals surface area contributed by atoms with Crippen LogP contribution in [0.5, 0.6) is 5.75 Å². The third-order valence-electron chi connectivity index (χ3n) is 3.48. The van der Waals surface area contributed by atoms with Crippen molar-refractivity contribution in [2.75, 3.05) is 26.9 Å². The first-order valence-corrected chi connectivity index (χ1v) is 7.70. The summed E-state index contributed by atoms with van der Waals surface area (Å²) >= 11 is 0. The van der Waals surface area contributed by atoms with Gasteiger partial charge in [-0.25, -0.2) is 0 Å². The van der Waals surface area contributed by atoms with Crippen molar-refractivity contribution >= 4 is 0 Å². The molecule has 0 bridgehead atoms. The van der Waals surface area contributed by atoms with E-state index in [1.807, 2.05) is 13.8 Å². The molecule has 1 aromatic rings. The zero-order valence-electron chi connectivity index (χ0n) is 14.2. The van der Waals surface area contributed by atoms with Crippen LogP contribution in [0.2, 0.25) is 0 Å². The summed E-state index contributed by atoms with van der Waals surface area (Å²) in [5, 5.41) is 3.48. The Bertz CT molecular complexity index is 428. The zero-order valence-corrected chi connectivity index (χ0v) is 14.2. The number of aryl methyl sites for hydroxylation is 2. The quantitative estimate of drug-likeness (QED) is 0.709. The number of methoxy groups -OCH3 is 1. The maximum absolute atomic E-state index is 5.79. The van der Waals surface area contributed by atoms with Gasteiger partial charge in [-0.15, -0.1) is 0 Å². The lowest BCUT2D eigenvalue weighted by Crippen LogP contribution is -2.36. The van der Waals surface area contributed by atoms with Gasteiger partial charge >= 0.3 is 0 Å². The van der Waals surface area contributed by atoms with Crippen molar-refractivity contribution in [3.8, 4) is 5.75 Å². The Hall–Kier alpha value is -1.10. The monoisotopic (exact) mass is 295 g/mol. The van der Waals surface area contributed by atoms with Crippen LogP contribution < -0.4 is 10.1 Å². The van der Waals surface area contributed by atoms with Gasteiger partial charge in [0.2, 0.25) is 0 Å². The van der Waals surface area contributed by atoms with E-state index in [1.54, 1.807) is 7.11 Å². The van der Waals surface area contributed by atoms with Crippen LogP contribution in [-0.4, -0.2) is 33.2 Å². The van der Waals surface area contributed by atoms with Gasteiger partial charge in [0.25, 0.3) is 0 Å². The Balaban J connectivity index is 3.17. The summed E-state index contributed by atoms with van der Waals surface area (Å²) in [6.45, 7) is 12.3. The third kappa shape index (κ3) is 4.70. The molecule has 1 aromatic carbocycles. The Morgan fingerprint density at radius 3 is 2.10 bits per heavy atom. The van der Waals surface area contributed by atoms with E-state index in [9.17, 15) is 0 Å². The molecule has 0 fully saturated rings. The molecule has 0 saturated carbocycles. The maximum Gasteiger partial charge on any atom is 0.176 e. The highest BCUT2D eigenvalue weighted by atomic mass is 16.7. The number of ether oxygens (including phenoxy) is 3. The molecule has 0 aliphatic heterocycles. The summed E-state index contributed by atoms with van der Waals surface area (Å²) in [6.07, 6.45) is -0.286. The summed E-state index contributed by atoms with van der Waals surface area (Å²) in [7, 11) is 1.70. The lowest BCUT2D eigenvalue weighted by atomic mass is 9.97. The minimum Gasteiger partial charge on any atom is -0.496 e. The molecule has 1 N–H and O–H groups in total. The Labute approximate surface area is 128 Å². The van der Waals surface area contributed by atoms with E-state index in [1.165, 1.54) is 11.1 Å². The molecule has 120 valence electrons. The van der Waals surface area contributed by atoms with E-state index in [-0.39, 0.29) is 12.3 Å². The highest BCUT2D eigenvalue weighted by Gasteiger charge is 2.25. The molecule has 0 aliphatic carbocycles. The van der Waals surface area contributed by atoms with Crippen molar-refractivity contribution in [2.24, 2.45) is 0 Å². The van der Waals surface area contributed by atoms with Gasteiger partial charge in [-0.2, -0.15) is 0 Å². The standard InChI is InChI=1S/C17H29NO3/c1-7-18-16(17(20-8-2)21-9-3)14-10-13(5)15(19-6)11-12(14)4/h10-11,16-18H,7-9H2,1-6H3. The first-order chi connectivity index (χ1) is 10.1. The van der Waals surface area contributed by atoms with Gasteiger partial charge in [0.1, 0.15) is 5.75 Å². The molecule has 0 saturated heterocycles. The second-order valence-corrected chi connectivity index (χ2v) is 4.99. The van der Waals surface area contributed by atoms with Gasteiger partial charge in [0.05, 0.1) is 13.2 Å². The molecule has 0 amide bonds. The molecule has 0 aliphatic rings. The second-order valence-electron chi connectivity index (χ2n) is 4.99. The summed E-state index contributed by atoms with van der Waals surface area (Å²) in [5.74, 6) is 0.913. The topological polar surface area (TPSA) is 39.7 Å². The summed E-state index contributed by atoms with van der Waals surface area (Å²) in [4.78, 5) is 0. The number of likely N-dealkylation sites (N-methyl/N-ethyl adjacent to an activating group) is 1. The third-order valence-corrected chi connectivity index (χ3v) is 3.48. The largest absolute Gasteiger partial charge is 0.496 e. The van der Waals surface area contributed by atoms with Crippen LogP contribution in [0.15, 0.2) is 12.1 Å². The molecule has 1 atom stereocenters. The van der Waals surface area contributed by atoms with Crippen LogP contribution in [0, 0.1) is 13.8 Å².